The molecule has 0 fully saturated rings. The highest BCUT2D eigenvalue weighted by atomic mass is 35.5. The average Bonchev–Trinajstić information content (AvgIpc) is 3.43. The number of rotatable bonds is 4. The Morgan fingerprint density at radius 3 is 2.72 bits per heavy atom. The molecule has 0 aliphatic heterocycles. The third-order valence-electron chi connectivity index (χ3n) is 4.78. The van der Waals surface area contributed by atoms with Crippen LogP contribution in [0.25, 0.3) is 22.7 Å². The maximum atomic E-state index is 13.0. The van der Waals surface area contributed by atoms with E-state index in [2.05, 4.69) is 25.5 Å². The zero-order valence-electron chi connectivity index (χ0n) is 16.7. The van der Waals surface area contributed by atoms with Crippen LogP contribution in [-0.2, 0) is 0 Å². The molecule has 0 spiro atoms. The molecule has 8 nitrogen and oxygen atoms in total. The van der Waals surface area contributed by atoms with Gasteiger partial charge in [-0.1, -0.05) is 29.3 Å². The van der Waals surface area contributed by atoms with Gasteiger partial charge in [-0.25, -0.2) is 19.2 Å². The molecule has 4 aromatic heterocycles. The highest BCUT2D eigenvalue weighted by molar-refractivity contribution is 6.42. The fraction of sp³-hybridized carbons (Fsp3) is 0.0455. The summed E-state index contributed by atoms with van der Waals surface area (Å²) in [6, 6.07) is 15.9. The molecule has 32 heavy (non-hydrogen) atoms. The molecule has 1 amide bonds. The first-order valence-corrected chi connectivity index (χ1v) is 10.3. The van der Waals surface area contributed by atoms with Crippen molar-refractivity contribution in [2.75, 3.05) is 5.32 Å². The Morgan fingerprint density at radius 2 is 1.91 bits per heavy atom. The number of hydrogen-bond donors (Lipinski definition) is 1. The fourth-order valence-electron chi connectivity index (χ4n) is 3.26. The summed E-state index contributed by atoms with van der Waals surface area (Å²) in [5.41, 5.74) is 3.75. The van der Waals surface area contributed by atoms with E-state index in [9.17, 15) is 4.79 Å². The molecule has 158 valence electrons. The summed E-state index contributed by atoms with van der Waals surface area (Å²) >= 11 is 12.0. The van der Waals surface area contributed by atoms with Crippen molar-refractivity contribution in [3.8, 4) is 17.1 Å². The summed E-state index contributed by atoms with van der Waals surface area (Å²) in [7, 11) is 0. The average molecular weight is 464 g/mol. The zero-order valence-corrected chi connectivity index (χ0v) is 18.2. The zero-order chi connectivity index (χ0) is 22.2. The standard InChI is InChI=1S/C22H15Cl2N7O/c1-13-3-2-4-21(27-13)31-19(14-5-8-20-25-12-26-30(20)11-14)10-18(29-31)22(32)28-15-6-7-16(23)17(24)9-15/h2-12H,1H3,(H,28,32). The van der Waals surface area contributed by atoms with Gasteiger partial charge in [0.2, 0.25) is 0 Å². The molecule has 1 N–H and O–H groups in total. The van der Waals surface area contributed by atoms with Gasteiger partial charge >= 0.3 is 0 Å². The summed E-state index contributed by atoms with van der Waals surface area (Å²) in [6.45, 7) is 1.89. The van der Waals surface area contributed by atoms with Crippen LogP contribution in [0.1, 0.15) is 16.2 Å². The smallest absolute Gasteiger partial charge is 0.276 e. The number of aromatic nitrogens is 6. The second-order valence-corrected chi connectivity index (χ2v) is 7.84. The lowest BCUT2D eigenvalue weighted by atomic mass is 10.2. The number of carbonyl (C=O) groups is 1. The van der Waals surface area contributed by atoms with E-state index < -0.39 is 5.91 Å². The van der Waals surface area contributed by atoms with Gasteiger partial charge in [-0.3, -0.25) is 4.79 Å². The van der Waals surface area contributed by atoms with Gasteiger partial charge in [-0.05, 0) is 55.5 Å². The van der Waals surface area contributed by atoms with Crippen LogP contribution in [0.2, 0.25) is 10.0 Å². The van der Waals surface area contributed by atoms with Gasteiger partial charge in [0.25, 0.3) is 5.91 Å². The number of pyridine rings is 2. The molecular weight excluding hydrogens is 449 g/mol. The minimum Gasteiger partial charge on any atom is -0.321 e. The molecule has 1 aromatic carbocycles. The molecular formula is C22H15Cl2N7O. The lowest BCUT2D eigenvalue weighted by molar-refractivity contribution is 0.102. The summed E-state index contributed by atoms with van der Waals surface area (Å²) in [6.07, 6.45) is 3.31. The van der Waals surface area contributed by atoms with Crippen molar-refractivity contribution in [3.63, 3.8) is 0 Å². The Labute approximate surface area is 192 Å². The van der Waals surface area contributed by atoms with E-state index in [1.165, 1.54) is 6.33 Å². The maximum Gasteiger partial charge on any atom is 0.276 e. The number of amides is 1. The summed E-state index contributed by atoms with van der Waals surface area (Å²) in [5, 5.41) is 12.3. The molecule has 0 radical (unpaired) electrons. The van der Waals surface area contributed by atoms with Crippen molar-refractivity contribution in [3.05, 3.63) is 88.6 Å². The number of nitrogens with one attached hydrogen (secondary N) is 1. The van der Waals surface area contributed by atoms with Crippen LogP contribution < -0.4 is 5.32 Å². The molecule has 10 heteroatoms. The predicted molar refractivity (Wildman–Crippen MR) is 122 cm³/mol. The first kappa shape index (κ1) is 20.2. The molecule has 0 saturated carbocycles. The van der Waals surface area contributed by atoms with E-state index in [1.807, 2.05) is 43.5 Å². The lowest BCUT2D eigenvalue weighted by Gasteiger charge is -2.07. The Bertz CT molecular complexity index is 1470. The number of nitrogens with zero attached hydrogens (tertiary/aromatic N) is 6. The monoisotopic (exact) mass is 463 g/mol. The quantitative estimate of drug-likeness (QED) is 0.411. The molecule has 0 bridgehead atoms. The lowest BCUT2D eigenvalue weighted by Crippen LogP contribution is -2.13. The minimum absolute atomic E-state index is 0.216. The second-order valence-electron chi connectivity index (χ2n) is 7.03. The van der Waals surface area contributed by atoms with Gasteiger partial charge < -0.3 is 5.32 Å². The van der Waals surface area contributed by atoms with Crippen molar-refractivity contribution >= 4 is 40.4 Å². The van der Waals surface area contributed by atoms with Crippen LogP contribution in [0.4, 0.5) is 5.69 Å². The molecule has 0 saturated heterocycles. The van der Waals surface area contributed by atoms with Crippen LogP contribution >= 0.6 is 23.2 Å². The van der Waals surface area contributed by atoms with Crippen LogP contribution in [0.3, 0.4) is 0 Å². The van der Waals surface area contributed by atoms with E-state index in [0.717, 1.165) is 11.3 Å². The van der Waals surface area contributed by atoms with Gasteiger partial charge in [0.05, 0.1) is 15.7 Å². The Balaban J connectivity index is 1.58. The van der Waals surface area contributed by atoms with Crippen molar-refractivity contribution in [1.82, 2.24) is 29.4 Å². The summed E-state index contributed by atoms with van der Waals surface area (Å²) in [5.74, 6) is 0.199. The van der Waals surface area contributed by atoms with E-state index >= 15 is 0 Å². The van der Waals surface area contributed by atoms with E-state index in [0.29, 0.717) is 32.9 Å². The Kier molecular flexibility index (Phi) is 5.08. The molecule has 5 rings (SSSR count). The molecule has 5 aromatic rings. The third-order valence-corrected chi connectivity index (χ3v) is 5.52. The van der Waals surface area contributed by atoms with Crippen molar-refractivity contribution in [2.24, 2.45) is 0 Å². The minimum atomic E-state index is -0.391. The number of hydrogen-bond acceptors (Lipinski definition) is 5. The van der Waals surface area contributed by atoms with Crippen molar-refractivity contribution in [2.45, 2.75) is 6.92 Å². The Hall–Kier alpha value is -3.75. The van der Waals surface area contributed by atoms with E-state index in [1.54, 1.807) is 33.5 Å². The summed E-state index contributed by atoms with van der Waals surface area (Å²) in [4.78, 5) is 21.7. The van der Waals surface area contributed by atoms with Gasteiger partial charge in [0, 0.05) is 23.1 Å². The normalized spacial score (nSPS) is 11.1. The number of carbonyl (C=O) groups excluding carboxylic acids is 1. The largest absolute Gasteiger partial charge is 0.321 e. The highest BCUT2D eigenvalue weighted by Crippen LogP contribution is 2.27. The third kappa shape index (κ3) is 3.81. The first-order valence-electron chi connectivity index (χ1n) is 9.58. The van der Waals surface area contributed by atoms with E-state index in [-0.39, 0.29) is 5.69 Å². The molecule has 0 unspecified atom stereocenters. The molecule has 0 atom stereocenters. The van der Waals surface area contributed by atoms with Crippen LogP contribution in [0.15, 0.2) is 67.1 Å². The van der Waals surface area contributed by atoms with Crippen LogP contribution in [0.5, 0.6) is 0 Å². The fourth-order valence-corrected chi connectivity index (χ4v) is 3.55. The summed E-state index contributed by atoms with van der Waals surface area (Å²) < 4.78 is 3.29. The van der Waals surface area contributed by atoms with Crippen LogP contribution in [0, 0.1) is 6.92 Å². The molecule has 4 heterocycles. The predicted octanol–water partition coefficient (Wildman–Crippen LogP) is 4.84. The van der Waals surface area contributed by atoms with Gasteiger partial charge in [-0.2, -0.15) is 10.2 Å². The van der Waals surface area contributed by atoms with Gasteiger partial charge in [0.15, 0.2) is 17.2 Å². The van der Waals surface area contributed by atoms with Gasteiger partial charge in [-0.15, -0.1) is 0 Å². The topological polar surface area (TPSA) is 90.0 Å². The maximum absolute atomic E-state index is 13.0. The highest BCUT2D eigenvalue weighted by Gasteiger charge is 2.18. The Morgan fingerprint density at radius 1 is 1.03 bits per heavy atom. The number of aryl methyl sites for hydroxylation is 1. The van der Waals surface area contributed by atoms with Crippen LogP contribution in [-0.4, -0.2) is 35.3 Å². The SMILES string of the molecule is Cc1cccc(-n2nc(C(=O)Nc3ccc(Cl)c(Cl)c3)cc2-c2ccc3ncnn3c2)n1. The molecule has 0 aliphatic carbocycles. The molecule has 0 aliphatic rings. The van der Waals surface area contributed by atoms with Crippen molar-refractivity contribution < 1.29 is 4.79 Å². The second kappa shape index (κ2) is 8.07. The number of fused-ring (bicyclic) bond motifs is 1. The van der Waals surface area contributed by atoms with Gasteiger partial charge in [0.1, 0.15) is 6.33 Å². The number of anilines is 1. The van der Waals surface area contributed by atoms with E-state index in [4.69, 9.17) is 23.2 Å². The first-order chi connectivity index (χ1) is 15.5. The number of benzene rings is 1. The van der Waals surface area contributed by atoms with Crippen molar-refractivity contribution in [1.29, 1.82) is 0 Å². The number of halogens is 2.